The summed E-state index contributed by atoms with van der Waals surface area (Å²) in [6.07, 6.45) is -14.6. The number of benzene rings is 1. The number of aryl methyl sites for hydroxylation is 1. The highest BCUT2D eigenvalue weighted by Gasteiger charge is 2.38. The number of piperidine rings is 1. The molecule has 1 aromatic carbocycles. The first kappa shape index (κ1) is 5.47. The Morgan fingerprint density at radius 3 is 3.08 bits per heavy atom. The van der Waals surface area contributed by atoms with E-state index in [1.165, 1.54) is 0 Å². The molecule has 2 aliphatic rings. The summed E-state index contributed by atoms with van der Waals surface area (Å²) < 4.78 is 167. The normalized spacial score (nSPS) is 52.6. The van der Waals surface area contributed by atoms with E-state index in [4.69, 9.17) is 34.1 Å². The van der Waals surface area contributed by atoms with Crippen LogP contribution >= 0.6 is 0 Å². The zero-order valence-electron chi connectivity index (χ0n) is 32.0. The second-order valence-corrected chi connectivity index (χ2v) is 5.00. The van der Waals surface area contributed by atoms with Crippen LogP contribution < -0.4 is 9.47 Å². The number of hydrogen-bond donors (Lipinski definition) is 0. The number of ether oxygens (including phenoxy) is 2. The van der Waals surface area contributed by atoms with Gasteiger partial charge in [-0.15, -0.1) is 0 Å². The van der Waals surface area contributed by atoms with Gasteiger partial charge in [-0.1, -0.05) is 20.1 Å². The smallest absolute Gasteiger partial charge is 0.161 e. The maximum atomic E-state index is 13.9. The Balaban J connectivity index is 2.47. The van der Waals surface area contributed by atoms with Crippen molar-refractivity contribution >= 4 is 5.78 Å². The van der Waals surface area contributed by atoms with Crippen LogP contribution in [0.3, 0.4) is 0 Å². The highest BCUT2D eigenvalue weighted by molar-refractivity contribution is 5.83. The van der Waals surface area contributed by atoms with E-state index in [1.807, 2.05) is 0 Å². The third kappa shape index (κ3) is 3.16. The average molecular weight is 351 g/mol. The van der Waals surface area contributed by atoms with Crippen LogP contribution in [0.2, 0.25) is 0 Å². The summed E-state index contributed by atoms with van der Waals surface area (Å²) in [4.78, 5) is 13.9. The van der Waals surface area contributed by atoms with Crippen LogP contribution in [0.5, 0.6) is 11.5 Å². The molecule has 2 heterocycles. The van der Waals surface area contributed by atoms with Gasteiger partial charge in [0.25, 0.3) is 0 Å². The van der Waals surface area contributed by atoms with Crippen molar-refractivity contribution in [3.8, 4) is 11.5 Å². The Kier molecular flexibility index (Phi) is 1.63. The van der Waals surface area contributed by atoms with E-state index in [2.05, 4.69) is 0 Å². The lowest BCUT2D eigenvalue weighted by molar-refractivity contribution is -0.129. The summed E-state index contributed by atoms with van der Waals surface area (Å²) in [5.74, 6) is -11.1. The minimum atomic E-state index is -4.13. The summed E-state index contributed by atoms with van der Waals surface area (Å²) in [6, 6.07) is -1.95. The van der Waals surface area contributed by atoms with Gasteiger partial charge < -0.3 is 9.47 Å². The van der Waals surface area contributed by atoms with Crippen LogP contribution in [0.15, 0.2) is 12.1 Å². The van der Waals surface area contributed by atoms with Gasteiger partial charge >= 0.3 is 0 Å². The van der Waals surface area contributed by atoms with Gasteiger partial charge in [-0.25, -0.2) is 0 Å². The highest BCUT2D eigenvalue weighted by atomic mass is 16.5. The minimum Gasteiger partial charge on any atom is -0.493 e. The molecule has 4 heteroatoms. The number of rotatable bonds is 5. The number of carbonyl (C=O) groups is 1. The maximum absolute atomic E-state index is 13.9. The van der Waals surface area contributed by atoms with Crippen molar-refractivity contribution in [2.75, 3.05) is 27.2 Å². The first-order valence-electron chi connectivity index (χ1n) is 16.5. The fourth-order valence-corrected chi connectivity index (χ4v) is 2.40. The summed E-state index contributed by atoms with van der Waals surface area (Å²) in [7, 11) is -2.12. The molecule has 24 heavy (non-hydrogen) atoms. The van der Waals surface area contributed by atoms with Gasteiger partial charge in [0, 0.05) is 51.9 Å². The van der Waals surface area contributed by atoms with Gasteiger partial charge in [0.1, 0.15) is 5.78 Å². The van der Waals surface area contributed by atoms with Crippen LogP contribution in [0.4, 0.5) is 0 Å². The van der Waals surface area contributed by atoms with Gasteiger partial charge in [-0.3, -0.25) is 9.69 Å². The molecular weight excluding hydrogens is 302 g/mol. The predicted octanol–water partition coefficient (Wildman–Crippen LogP) is 3.63. The number of fused-ring (bicyclic) bond motifs is 3. The topological polar surface area (TPSA) is 38.8 Å². The first-order valence-corrected chi connectivity index (χ1v) is 7.00. The maximum Gasteiger partial charge on any atom is 0.161 e. The van der Waals surface area contributed by atoms with E-state index in [9.17, 15) is 6.17 Å². The van der Waals surface area contributed by atoms with E-state index in [1.54, 1.807) is 0 Å². The molecule has 0 N–H and O–H groups in total. The molecule has 4 nitrogen and oxygen atoms in total. The molecule has 0 aliphatic carbocycles. The van der Waals surface area contributed by atoms with Gasteiger partial charge in [0.05, 0.1) is 19.6 Å². The van der Waals surface area contributed by atoms with Gasteiger partial charge in [-0.05, 0) is 41.9 Å². The van der Waals surface area contributed by atoms with Crippen LogP contribution in [0, 0.1) is 11.8 Å². The fourth-order valence-electron chi connectivity index (χ4n) is 2.40. The van der Waals surface area contributed by atoms with E-state index in [-0.39, 0.29) is 4.90 Å². The van der Waals surface area contributed by atoms with Crippen molar-refractivity contribution in [3.05, 3.63) is 23.3 Å². The SMILES string of the molecule is [2H]C([2H])([2H])Oc1cc2c(cc1OC)C([2H])([2H])C([2H])([2H])N1CC([2H])(C([2H])([2H])C([2H])(C([2H])([2H])[2H])C([2H])([2H])C)C(=O)C([2H])([2H])C21[2H]. The van der Waals surface area contributed by atoms with Crippen molar-refractivity contribution in [3.63, 3.8) is 0 Å². The van der Waals surface area contributed by atoms with Crippen LogP contribution in [0.1, 0.15) is 76.1 Å². The molecule has 0 radical (unpaired) electrons. The highest BCUT2D eigenvalue weighted by Crippen LogP contribution is 2.42. The largest absolute Gasteiger partial charge is 0.493 e. The molecule has 3 atom stereocenters. The van der Waals surface area contributed by atoms with E-state index in [0.29, 0.717) is 13.0 Å². The molecule has 0 saturated carbocycles. The van der Waals surface area contributed by atoms with E-state index in [0.717, 1.165) is 13.2 Å². The lowest BCUT2D eigenvalue weighted by Gasteiger charge is -2.43. The van der Waals surface area contributed by atoms with Crippen molar-refractivity contribution < 1.29 is 40.3 Å². The monoisotopic (exact) mass is 350 g/mol. The third-order valence-electron chi connectivity index (χ3n) is 3.61. The number of ketones is 1. The number of methoxy groups -OCH3 is 2. The van der Waals surface area contributed by atoms with E-state index >= 15 is 0 Å². The standard InChI is InChI=1S/C20H29NO3/c1-5-13(2)8-15-12-21-7-6-14-9-19(23-3)20(24-4)10-16(14)17(21)11-18(15)22/h9-10,13,15,17H,5-8,11-12H2,1-4H3/i2D3,4D3,5D2,6D2,7D2,8D2,11D2,13D,15D,17D. The lowest BCUT2D eigenvalue weighted by atomic mass is 9.79. The molecule has 1 aromatic rings. The molecular formula is C20H29NO3. The Labute approximate surface area is 171 Å². The van der Waals surface area contributed by atoms with Crippen LogP contribution in [-0.4, -0.2) is 37.9 Å². The van der Waals surface area contributed by atoms with Crippen molar-refractivity contribution in [1.29, 1.82) is 0 Å². The molecule has 3 rings (SSSR count). The number of nitrogens with zero attached hydrogens (tertiary/aromatic N) is 1. The number of hydrogen-bond acceptors (Lipinski definition) is 4. The molecule has 0 aromatic heterocycles. The number of Topliss-reactive ketones (excluding diaryl/α,β-unsaturated/α-hetero) is 1. The second kappa shape index (κ2) is 7.14. The second-order valence-electron chi connectivity index (χ2n) is 5.00. The van der Waals surface area contributed by atoms with Crippen molar-refractivity contribution in [1.82, 2.24) is 4.90 Å². The Morgan fingerprint density at radius 2 is 2.38 bits per heavy atom. The Morgan fingerprint density at radius 1 is 1.54 bits per heavy atom. The van der Waals surface area contributed by atoms with Crippen molar-refractivity contribution in [2.24, 2.45) is 11.8 Å². The summed E-state index contributed by atoms with van der Waals surface area (Å²) in [5, 5.41) is 0. The average Bonchev–Trinajstić information content (AvgIpc) is 2.80. The summed E-state index contributed by atoms with van der Waals surface area (Å²) in [6.45, 7) is -8.65. The Bertz CT molecular complexity index is 1300. The Hall–Kier alpha value is -1.55. The molecule has 0 amide bonds. The molecule has 132 valence electrons. The lowest BCUT2D eigenvalue weighted by Crippen LogP contribution is -2.46. The van der Waals surface area contributed by atoms with Gasteiger partial charge in [-0.2, -0.15) is 0 Å². The minimum absolute atomic E-state index is 0.00528. The number of carbonyl (C=O) groups excluding carboxylic acids is 1. The van der Waals surface area contributed by atoms with Crippen molar-refractivity contribution in [2.45, 2.75) is 45.3 Å². The molecule has 0 bridgehead atoms. The zero-order chi connectivity index (χ0) is 34.0. The molecule has 3 unspecified atom stereocenters. The molecule has 1 saturated heterocycles. The first-order chi connectivity index (χ1) is 18.7. The quantitative estimate of drug-likeness (QED) is 0.813. The van der Waals surface area contributed by atoms with Gasteiger partial charge in [0.15, 0.2) is 11.5 Å². The van der Waals surface area contributed by atoms with E-state index < -0.39 is 98.6 Å². The molecule has 2 aliphatic heterocycles. The fraction of sp³-hybridized carbons (Fsp3) is 0.650. The van der Waals surface area contributed by atoms with Crippen LogP contribution in [-0.2, 0) is 11.2 Å². The summed E-state index contributed by atoms with van der Waals surface area (Å²) >= 11 is 0. The summed E-state index contributed by atoms with van der Waals surface area (Å²) in [5.41, 5.74) is -1.61. The third-order valence-corrected chi connectivity index (χ3v) is 3.61. The predicted molar refractivity (Wildman–Crippen MR) is 94.8 cm³/mol. The zero-order valence-corrected chi connectivity index (χ0v) is 13.0. The molecule has 1 fully saturated rings. The van der Waals surface area contributed by atoms with Crippen LogP contribution in [0.25, 0.3) is 0 Å². The van der Waals surface area contributed by atoms with Gasteiger partial charge in [0.2, 0.25) is 0 Å². The molecule has 0 spiro atoms.